The van der Waals surface area contributed by atoms with Crippen molar-refractivity contribution in [1.29, 1.82) is 0 Å². The number of halogens is 1. The van der Waals surface area contributed by atoms with Gasteiger partial charge in [-0.2, -0.15) is 0 Å². The number of anilines is 1. The maximum atomic E-state index is 6.15. The molecule has 0 atom stereocenters. The Morgan fingerprint density at radius 2 is 2.10 bits per heavy atom. The molecule has 3 rings (SSSR count). The number of imidazole rings is 1. The molecule has 0 unspecified atom stereocenters. The number of aromatic nitrogens is 2. The van der Waals surface area contributed by atoms with Crippen molar-refractivity contribution in [2.24, 2.45) is 0 Å². The molecule has 1 aromatic carbocycles. The van der Waals surface area contributed by atoms with Crippen LogP contribution in [-0.2, 0) is 0 Å². The minimum absolute atomic E-state index is 0.481. The Labute approximate surface area is 128 Å². The number of hydrogen-bond donors (Lipinski definition) is 1. The molecule has 5 heteroatoms. The Bertz CT molecular complexity index is 599. The lowest BCUT2D eigenvalue weighted by molar-refractivity contribution is 0.189. The van der Waals surface area contributed by atoms with Crippen LogP contribution in [0, 0.1) is 0 Å². The van der Waals surface area contributed by atoms with Crippen LogP contribution in [0.2, 0.25) is 0 Å². The summed E-state index contributed by atoms with van der Waals surface area (Å²) >= 11 is 3.49. The summed E-state index contributed by atoms with van der Waals surface area (Å²) in [6.45, 7) is 5.77. The van der Waals surface area contributed by atoms with Gasteiger partial charge in [0.25, 0.3) is 0 Å². The summed E-state index contributed by atoms with van der Waals surface area (Å²) in [5.41, 5.74) is 8.28. The van der Waals surface area contributed by atoms with E-state index >= 15 is 0 Å². The van der Waals surface area contributed by atoms with E-state index in [2.05, 4.69) is 49.4 Å². The number of hydrogen-bond acceptors (Lipinski definition) is 3. The van der Waals surface area contributed by atoms with Crippen LogP contribution in [0.4, 0.5) is 5.95 Å². The number of likely N-dealkylation sites (tertiary alicyclic amines) is 1. The summed E-state index contributed by atoms with van der Waals surface area (Å²) in [6, 6.07) is 6.69. The van der Waals surface area contributed by atoms with E-state index < -0.39 is 0 Å². The van der Waals surface area contributed by atoms with E-state index in [4.69, 9.17) is 5.73 Å². The average molecular weight is 337 g/mol. The van der Waals surface area contributed by atoms with E-state index in [1.807, 2.05) is 6.07 Å². The molecule has 1 aliphatic rings. The molecule has 0 radical (unpaired) electrons. The van der Waals surface area contributed by atoms with Crippen molar-refractivity contribution in [3.8, 4) is 0 Å². The quantitative estimate of drug-likeness (QED) is 0.933. The highest BCUT2D eigenvalue weighted by Gasteiger charge is 2.23. The summed E-state index contributed by atoms with van der Waals surface area (Å²) in [6.07, 6.45) is 3.55. The molecule has 0 spiro atoms. The van der Waals surface area contributed by atoms with Crippen LogP contribution in [0.15, 0.2) is 22.7 Å². The monoisotopic (exact) mass is 336 g/mol. The molecule has 4 nitrogen and oxygen atoms in total. The third-order valence-corrected chi connectivity index (χ3v) is 4.63. The average Bonchev–Trinajstić information content (AvgIpc) is 2.75. The lowest BCUT2D eigenvalue weighted by Gasteiger charge is -2.33. The van der Waals surface area contributed by atoms with Crippen molar-refractivity contribution in [1.82, 2.24) is 14.5 Å². The van der Waals surface area contributed by atoms with Gasteiger partial charge < -0.3 is 15.2 Å². The zero-order valence-electron chi connectivity index (χ0n) is 11.8. The Morgan fingerprint density at radius 3 is 2.80 bits per heavy atom. The first-order valence-electron chi connectivity index (χ1n) is 7.34. The van der Waals surface area contributed by atoms with E-state index in [1.54, 1.807) is 0 Å². The van der Waals surface area contributed by atoms with Gasteiger partial charge >= 0.3 is 0 Å². The summed E-state index contributed by atoms with van der Waals surface area (Å²) in [5, 5.41) is 0. The van der Waals surface area contributed by atoms with Crippen molar-refractivity contribution < 1.29 is 0 Å². The van der Waals surface area contributed by atoms with Crippen LogP contribution in [0.3, 0.4) is 0 Å². The first-order valence-corrected chi connectivity index (χ1v) is 8.13. The van der Waals surface area contributed by atoms with Crippen LogP contribution in [-0.4, -0.2) is 34.1 Å². The van der Waals surface area contributed by atoms with E-state index in [1.165, 1.54) is 13.0 Å². The fraction of sp³-hybridized carbons (Fsp3) is 0.533. The number of piperidine rings is 1. The summed E-state index contributed by atoms with van der Waals surface area (Å²) in [7, 11) is 0. The molecular weight excluding hydrogens is 316 g/mol. The van der Waals surface area contributed by atoms with E-state index in [0.29, 0.717) is 12.0 Å². The Kier molecular flexibility index (Phi) is 3.98. The van der Waals surface area contributed by atoms with Crippen LogP contribution < -0.4 is 5.73 Å². The zero-order chi connectivity index (χ0) is 14.1. The molecule has 1 aromatic heterocycles. The molecule has 0 saturated carbocycles. The van der Waals surface area contributed by atoms with Gasteiger partial charge in [-0.3, -0.25) is 0 Å². The fourth-order valence-corrected chi connectivity index (χ4v) is 3.54. The van der Waals surface area contributed by atoms with Gasteiger partial charge in [0.15, 0.2) is 0 Å². The fourth-order valence-electron chi connectivity index (χ4n) is 3.19. The number of benzene rings is 1. The van der Waals surface area contributed by atoms with Crippen molar-refractivity contribution in [2.75, 3.05) is 25.4 Å². The van der Waals surface area contributed by atoms with Crippen LogP contribution in [0.1, 0.15) is 32.2 Å². The highest BCUT2D eigenvalue weighted by Crippen LogP contribution is 2.31. The molecule has 2 aromatic rings. The highest BCUT2D eigenvalue weighted by molar-refractivity contribution is 9.10. The second-order valence-corrected chi connectivity index (χ2v) is 6.46. The summed E-state index contributed by atoms with van der Waals surface area (Å²) in [5.74, 6) is 0.645. The molecule has 0 amide bonds. The Balaban J connectivity index is 1.86. The van der Waals surface area contributed by atoms with Crippen LogP contribution in [0.5, 0.6) is 0 Å². The molecule has 1 fully saturated rings. The molecular formula is C15H21BrN4. The largest absolute Gasteiger partial charge is 0.369 e. The zero-order valence-corrected chi connectivity index (χ0v) is 13.4. The third kappa shape index (κ3) is 2.56. The molecule has 1 aliphatic heterocycles. The van der Waals surface area contributed by atoms with E-state index in [9.17, 15) is 0 Å². The number of rotatable bonds is 3. The van der Waals surface area contributed by atoms with Gasteiger partial charge in [-0.15, -0.1) is 0 Å². The van der Waals surface area contributed by atoms with Gasteiger partial charge in [0.2, 0.25) is 5.95 Å². The van der Waals surface area contributed by atoms with Crippen molar-refractivity contribution in [2.45, 2.75) is 32.2 Å². The van der Waals surface area contributed by atoms with Gasteiger partial charge in [0.05, 0.1) is 11.0 Å². The first kappa shape index (κ1) is 13.9. The third-order valence-electron chi connectivity index (χ3n) is 4.14. The molecule has 108 valence electrons. The molecule has 0 bridgehead atoms. The number of nitrogens with zero attached hydrogens (tertiary/aromatic N) is 3. The Morgan fingerprint density at radius 1 is 1.35 bits per heavy atom. The summed E-state index contributed by atoms with van der Waals surface area (Å²) in [4.78, 5) is 7.05. The van der Waals surface area contributed by atoms with Crippen molar-refractivity contribution in [3.63, 3.8) is 0 Å². The van der Waals surface area contributed by atoms with Crippen molar-refractivity contribution >= 4 is 32.9 Å². The predicted octanol–water partition coefficient (Wildman–Crippen LogP) is 3.43. The standard InChI is InChI=1S/C15H21BrN4/c1-2-7-19-8-5-12(6-9-19)20-14-4-3-11(16)10-13(14)18-15(20)17/h3-4,10,12H,2,5-9H2,1H3,(H2,17,18). The maximum Gasteiger partial charge on any atom is 0.201 e. The normalized spacial score (nSPS) is 17.9. The molecule has 2 N–H and O–H groups in total. The second kappa shape index (κ2) is 5.74. The molecule has 2 heterocycles. The van der Waals surface area contributed by atoms with Gasteiger partial charge in [-0.25, -0.2) is 4.98 Å². The maximum absolute atomic E-state index is 6.15. The number of nitrogen functional groups attached to an aromatic ring is 1. The van der Waals surface area contributed by atoms with Gasteiger partial charge in [-0.05, 0) is 44.0 Å². The second-order valence-electron chi connectivity index (χ2n) is 5.55. The van der Waals surface area contributed by atoms with E-state index in [-0.39, 0.29) is 0 Å². The smallest absolute Gasteiger partial charge is 0.201 e. The van der Waals surface area contributed by atoms with Crippen LogP contribution in [0.25, 0.3) is 11.0 Å². The minimum Gasteiger partial charge on any atom is -0.369 e. The van der Waals surface area contributed by atoms with Gasteiger partial charge in [0.1, 0.15) is 0 Å². The lowest BCUT2D eigenvalue weighted by atomic mass is 10.0. The minimum atomic E-state index is 0.481. The van der Waals surface area contributed by atoms with Crippen molar-refractivity contribution in [3.05, 3.63) is 22.7 Å². The topological polar surface area (TPSA) is 47.1 Å². The van der Waals surface area contributed by atoms with Gasteiger partial charge in [-0.1, -0.05) is 22.9 Å². The highest BCUT2D eigenvalue weighted by atomic mass is 79.9. The predicted molar refractivity (Wildman–Crippen MR) is 86.8 cm³/mol. The first-order chi connectivity index (χ1) is 9.69. The molecule has 20 heavy (non-hydrogen) atoms. The van der Waals surface area contributed by atoms with Crippen LogP contribution >= 0.6 is 15.9 Å². The lowest BCUT2D eigenvalue weighted by Crippen LogP contribution is -2.35. The number of nitrogens with two attached hydrogens (primary N) is 1. The number of fused-ring (bicyclic) bond motifs is 1. The summed E-state index contributed by atoms with van der Waals surface area (Å²) < 4.78 is 3.28. The van der Waals surface area contributed by atoms with Gasteiger partial charge in [0, 0.05) is 23.6 Å². The SMILES string of the molecule is CCCN1CCC(n2c(N)nc3cc(Br)ccc32)CC1. The molecule has 1 saturated heterocycles. The molecule has 0 aliphatic carbocycles. The van der Waals surface area contributed by atoms with E-state index in [0.717, 1.165) is 41.4 Å². The Hall–Kier alpha value is -1.07.